The highest BCUT2D eigenvalue weighted by Gasteiger charge is 2.51. The molecule has 2 fully saturated rings. The molecular formula is C12H23O3P. The number of hydrogen-bond acceptors (Lipinski definition) is 3. The molecule has 0 radical (unpaired) electrons. The molecule has 0 aliphatic carbocycles. The van der Waals surface area contributed by atoms with E-state index >= 15 is 0 Å². The van der Waals surface area contributed by atoms with E-state index in [2.05, 4.69) is 20.5 Å². The van der Waals surface area contributed by atoms with Crippen molar-refractivity contribution in [3.8, 4) is 0 Å². The predicted octanol–water partition coefficient (Wildman–Crippen LogP) is 2.10. The van der Waals surface area contributed by atoms with Gasteiger partial charge in [0.1, 0.15) is 6.10 Å². The molecule has 0 saturated carbocycles. The van der Waals surface area contributed by atoms with Gasteiger partial charge in [-0.25, -0.2) is 0 Å². The quantitative estimate of drug-likeness (QED) is 0.698. The lowest BCUT2D eigenvalue weighted by atomic mass is 9.75. The van der Waals surface area contributed by atoms with E-state index in [1.54, 1.807) is 0 Å². The van der Waals surface area contributed by atoms with Crippen LogP contribution < -0.4 is 0 Å². The molecular weight excluding hydrogens is 223 g/mol. The maximum Gasteiger partial charge on any atom is 0.155 e. The fourth-order valence-electron chi connectivity index (χ4n) is 2.82. The van der Waals surface area contributed by atoms with Gasteiger partial charge in [-0.1, -0.05) is 6.92 Å². The summed E-state index contributed by atoms with van der Waals surface area (Å²) in [6, 6.07) is 0. The molecule has 4 heteroatoms. The van der Waals surface area contributed by atoms with Crippen LogP contribution in [0, 0.1) is 11.8 Å². The number of ether oxygens (including phenoxy) is 3. The first-order valence-electron chi connectivity index (χ1n) is 6.13. The zero-order valence-corrected chi connectivity index (χ0v) is 11.7. The monoisotopic (exact) mass is 246 g/mol. The first kappa shape index (κ1) is 12.8. The molecule has 0 bridgehead atoms. The molecule has 2 aliphatic rings. The Hall–Kier alpha value is 0.310. The third-order valence-electron chi connectivity index (χ3n) is 4.13. The van der Waals surface area contributed by atoms with Crippen LogP contribution in [0.1, 0.15) is 20.8 Å². The Morgan fingerprint density at radius 1 is 1.25 bits per heavy atom. The summed E-state index contributed by atoms with van der Waals surface area (Å²) in [5.74, 6) is 1.18. The highest BCUT2D eigenvalue weighted by atomic mass is 31.1. The lowest BCUT2D eigenvalue weighted by Gasteiger charge is -2.52. The number of fused-ring (bicyclic) bond motifs is 1. The molecule has 0 aromatic heterocycles. The Bertz CT molecular complexity index is 248. The van der Waals surface area contributed by atoms with E-state index < -0.39 is 0 Å². The van der Waals surface area contributed by atoms with E-state index in [9.17, 15) is 0 Å². The Balaban J connectivity index is 2.11. The largest absolute Gasteiger partial charge is 0.372 e. The van der Waals surface area contributed by atoms with Crippen molar-refractivity contribution in [3.05, 3.63) is 0 Å². The van der Waals surface area contributed by atoms with Gasteiger partial charge in [-0.05, 0) is 38.5 Å². The fraction of sp³-hybridized carbons (Fsp3) is 1.00. The first-order chi connectivity index (χ1) is 7.58. The van der Waals surface area contributed by atoms with Crippen molar-refractivity contribution < 1.29 is 14.2 Å². The van der Waals surface area contributed by atoms with E-state index in [-0.39, 0.29) is 18.0 Å². The summed E-state index contributed by atoms with van der Waals surface area (Å²) in [6.45, 7) is 10.3. The molecule has 0 spiro atoms. The van der Waals surface area contributed by atoms with Crippen LogP contribution in [0.15, 0.2) is 0 Å². The summed E-state index contributed by atoms with van der Waals surface area (Å²) in [4.78, 5) is 0. The summed E-state index contributed by atoms with van der Waals surface area (Å²) >= 11 is 0. The van der Waals surface area contributed by atoms with E-state index in [1.165, 1.54) is 6.16 Å². The summed E-state index contributed by atoms with van der Waals surface area (Å²) < 4.78 is 17.5. The molecule has 6 unspecified atom stereocenters. The molecule has 0 N–H and O–H groups in total. The maximum atomic E-state index is 6.02. The van der Waals surface area contributed by atoms with E-state index in [1.807, 2.05) is 6.92 Å². The van der Waals surface area contributed by atoms with Crippen molar-refractivity contribution in [3.63, 3.8) is 0 Å². The molecule has 0 aromatic carbocycles. The van der Waals surface area contributed by atoms with Crippen molar-refractivity contribution in [1.29, 1.82) is 0 Å². The van der Waals surface area contributed by atoms with Gasteiger partial charge in [0.15, 0.2) is 6.29 Å². The van der Waals surface area contributed by atoms with Crippen molar-refractivity contribution in [1.82, 2.24) is 0 Å². The predicted molar refractivity (Wildman–Crippen MR) is 66.4 cm³/mol. The van der Waals surface area contributed by atoms with Crippen LogP contribution in [0.5, 0.6) is 0 Å². The highest BCUT2D eigenvalue weighted by Crippen LogP contribution is 2.42. The number of hydrogen-bond donors (Lipinski definition) is 0. The van der Waals surface area contributed by atoms with E-state index in [0.29, 0.717) is 18.4 Å². The molecule has 3 nitrogen and oxygen atoms in total. The molecule has 16 heavy (non-hydrogen) atoms. The third kappa shape index (κ3) is 2.15. The van der Waals surface area contributed by atoms with Crippen LogP contribution in [0.4, 0.5) is 0 Å². The third-order valence-corrected chi connectivity index (χ3v) is 5.06. The van der Waals surface area contributed by atoms with Crippen LogP contribution in [0.2, 0.25) is 0 Å². The normalized spacial score (nSPS) is 49.5. The second-order valence-corrected chi connectivity index (χ2v) is 6.25. The first-order valence-corrected chi connectivity index (χ1v) is 7.84. The molecule has 2 aliphatic heterocycles. The Morgan fingerprint density at radius 2 is 2.00 bits per heavy atom. The minimum absolute atomic E-state index is 0.102. The van der Waals surface area contributed by atoms with Gasteiger partial charge in [0.25, 0.3) is 0 Å². The van der Waals surface area contributed by atoms with Crippen LogP contribution in [-0.4, -0.2) is 44.0 Å². The summed E-state index contributed by atoms with van der Waals surface area (Å²) in [7, 11) is 0.990. The van der Waals surface area contributed by atoms with Gasteiger partial charge in [0, 0.05) is 0 Å². The average molecular weight is 246 g/mol. The van der Waals surface area contributed by atoms with Gasteiger partial charge >= 0.3 is 0 Å². The van der Waals surface area contributed by atoms with Gasteiger partial charge < -0.3 is 14.2 Å². The Morgan fingerprint density at radius 3 is 2.69 bits per heavy atom. The van der Waals surface area contributed by atoms with Crippen molar-refractivity contribution in [2.75, 3.05) is 26.0 Å². The molecule has 2 heterocycles. The van der Waals surface area contributed by atoms with E-state index in [0.717, 1.165) is 15.2 Å². The molecule has 2 saturated heterocycles. The van der Waals surface area contributed by atoms with Gasteiger partial charge in [0.2, 0.25) is 0 Å². The molecule has 6 atom stereocenters. The molecule has 0 aromatic rings. The summed E-state index contributed by atoms with van der Waals surface area (Å²) in [5, 5.41) is 0. The lowest BCUT2D eigenvalue weighted by Crippen LogP contribution is -2.62. The Kier molecular flexibility index (Phi) is 3.90. The van der Waals surface area contributed by atoms with Gasteiger partial charge in [0.05, 0.1) is 18.8 Å². The zero-order valence-electron chi connectivity index (χ0n) is 10.7. The van der Waals surface area contributed by atoms with E-state index in [4.69, 9.17) is 14.2 Å². The van der Waals surface area contributed by atoms with Crippen molar-refractivity contribution >= 4 is 8.58 Å². The molecule has 2 rings (SSSR count). The van der Waals surface area contributed by atoms with Crippen LogP contribution in [-0.2, 0) is 14.2 Å². The molecule has 0 amide bonds. The smallest absolute Gasteiger partial charge is 0.155 e. The van der Waals surface area contributed by atoms with Gasteiger partial charge in [-0.15, -0.1) is 8.58 Å². The lowest BCUT2D eigenvalue weighted by molar-refractivity contribution is -0.329. The summed E-state index contributed by atoms with van der Waals surface area (Å²) in [5.41, 5.74) is -0.166. The second-order valence-electron chi connectivity index (χ2n) is 5.13. The maximum absolute atomic E-state index is 6.02. The minimum Gasteiger partial charge on any atom is -0.372 e. The summed E-state index contributed by atoms with van der Waals surface area (Å²) in [6.07, 6.45) is 1.26. The molecule has 94 valence electrons. The fourth-order valence-corrected chi connectivity index (χ4v) is 3.82. The zero-order chi connectivity index (χ0) is 11.8. The standard InChI is InChI=1S/C12H23O3P/c1-8-10(7-16-4)5-14-11-6-13-9(2)15-12(8,11)3/h8-11,16H,5-7H2,1-4H3. The highest BCUT2D eigenvalue weighted by molar-refractivity contribution is 7.37. The van der Waals surface area contributed by atoms with Crippen LogP contribution in [0.25, 0.3) is 0 Å². The second kappa shape index (κ2) is 4.89. The van der Waals surface area contributed by atoms with Crippen molar-refractivity contribution in [2.45, 2.75) is 38.8 Å². The van der Waals surface area contributed by atoms with Crippen LogP contribution >= 0.6 is 8.58 Å². The van der Waals surface area contributed by atoms with Gasteiger partial charge in [-0.3, -0.25) is 0 Å². The van der Waals surface area contributed by atoms with Crippen molar-refractivity contribution in [2.24, 2.45) is 11.8 Å². The van der Waals surface area contributed by atoms with Gasteiger partial charge in [-0.2, -0.15) is 0 Å². The minimum atomic E-state index is -0.166. The Labute approximate surface area is 100.0 Å². The average Bonchev–Trinajstić information content (AvgIpc) is 2.24. The SMILES string of the molecule is CPCC1COC2COC(C)OC2(C)C1C. The van der Waals surface area contributed by atoms with Crippen LogP contribution in [0.3, 0.4) is 0 Å². The number of rotatable bonds is 2. The topological polar surface area (TPSA) is 27.7 Å².